The molecule has 0 unspecified atom stereocenters. The molecule has 0 atom stereocenters. The summed E-state index contributed by atoms with van der Waals surface area (Å²) in [5, 5.41) is 14.1. The van der Waals surface area contributed by atoms with Crippen LogP contribution < -0.4 is 4.90 Å². The maximum Gasteiger partial charge on any atom is 0.228 e. The third kappa shape index (κ3) is 3.99. The van der Waals surface area contributed by atoms with E-state index in [1.807, 2.05) is 0 Å². The second kappa shape index (κ2) is 7.35. The van der Waals surface area contributed by atoms with Crippen molar-refractivity contribution >= 4 is 17.7 Å². The SMILES string of the molecule is CC(C)Cc1nc(CSc2nnc(N3CCCCC3)n2C2CC2)no1. The van der Waals surface area contributed by atoms with Crippen molar-refractivity contribution in [2.45, 2.75) is 69.3 Å². The maximum atomic E-state index is 5.33. The molecule has 0 amide bonds. The Bertz CT molecular complexity index is 702. The first-order chi connectivity index (χ1) is 12.2. The molecular weight excluding hydrogens is 336 g/mol. The molecule has 1 aliphatic carbocycles. The Morgan fingerprint density at radius 1 is 1.16 bits per heavy atom. The lowest BCUT2D eigenvalue weighted by molar-refractivity contribution is 0.360. The highest BCUT2D eigenvalue weighted by atomic mass is 32.2. The first kappa shape index (κ1) is 16.9. The van der Waals surface area contributed by atoms with Crippen molar-refractivity contribution in [1.82, 2.24) is 24.9 Å². The highest BCUT2D eigenvalue weighted by molar-refractivity contribution is 7.98. The lowest BCUT2D eigenvalue weighted by Gasteiger charge is -2.27. The van der Waals surface area contributed by atoms with Gasteiger partial charge in [-0.15, -0.1) is 10.2 Å². The first-order valence-corrected chi connectivity index (χ1v) is 10.3. The van der Waals surface area contributed by atoms with Gasteiger partial charge in [0.25, 0.3) is 0 Å². The van der Waals surface area contributed by atoms with Crippen LogP contribution in [0.25, 0.3) is 0 Å². The van der Waals surface area contributed by atoms with Crippen LogP contribution in [0.5, 0.6) is 0 Å². The highest BCUT2D eigenvalue weighted by Gasteiger charge is 2.32. The summed E-state index contributed by atoms with van der Waals surface area (Å²) in [5.41, 5.74) is 0. The van der Waals surface area contributed by atoms with Gasteiger partial charge < -0.3 is 9.42 Å². The summed E-state index contributed by atoms with van der Waals surface area (Å²) in [5.74, 6) is 3.71. The summed E-state index contributed by atoms with van der Waals surface area (Å²) in [4.78, 5) is 6.88. The van der Waals surface area contributed by atoms with Gasteiger partial charge >= 0.3 is 0 Å². The summed E-state index contributed by atoms with van der Waals surface area (Å²) in [6.45, 7) is 6.50. The van der Waals surface area contributed by atoms with Gasteiger partial charge in [-0.25, -0.2) is 0 Å². The van der Waals surface area contributed by atoms with Crippen LogP contribution in [0.1, 0.15) is 63.7 Å². The fourth-order valence-electron chi connectivity index (χ4n) is 3.24. The molecule has 0 spiro atoms. The smallest absolute Gasteiger partial charge is 0.228 e. The number of nitrogens with zero attached hydrogens (tertiary/aromatic N) is 6. The third-order valence-corrected chi connectivity index (χ3v) is 5.56. The molecule has 7 nitrogen and oxygen atoms in total. The molecule has 0 aromatic carbocycles. The van der Waals surface area contributed by atoms with Crippen molar-refractivity contribution in [2.75, 3.05) is 18.0 Å². The number of hydrogen-bond donors (Lipinski definition) is 0. The molecule has 1 aliphatic heterocycles. The molecule has 2 aromatic rings. The van der Waals surface area contributed by atoms with E-state index in [9.17, 15) is 0 Å². The van der Waals surface area contributed by atoms with Crippen molar-refractivity contribution in [3.8, 4) is 0 Å². The molecule has 2 aromatic heterocycles. The van der Waals surface area contributed by atoms with Gasteiger partial charge in [0.1, 0.15) is 0 Å². The number of thioether (sulfide) groups is 1. The predicted molar refractivity (Wildman–Crippen MR) is 96.8 cm³/mol. The van der Waals surface area contributed by atoms with Gasteiger partial charge in [-0.2, -0.15) is 4.98 Å². The fraction of sp³-hybridized carbons (Fsp3) is 0.765. The molecule has 0 bridgehead atoms. The number of rotatable bonds is 7. The lowest BCUT2D eigenvalue weighted by atomic mass is 10.1. The summed E-state index contributed by atoms with van der Waals surface area (Å²) in [6.07, 6.45) is 7.12. The van der Waals surface area contributed by atoms with Crippen molar-refractivity contribution in [1.29, 1.82) is 0 Å². The van der Waals surface area contributed by atoms with Gasteiger partial charge in [0.2, 0.25) is 11.8 Å². The van der Waals surface area contributed by atoms with Crippen LogP contribution in [-0.4, -0.2) is 38.0 Å². The second-order valence-corrected chi connectivity index (χ2v) is 8.36. The van der Waals surface area contributed by atoms with E-state index in [-0.39, 0.29) is 0 Å². The van der Waals surface area contributed by atoms with E-state index in [4.69, 9.17) is 4.52 Å². The van der Waals surface area contributed by atoms with E-state index in [2.05, 4.69) is 43.7 Å². The molecule has 25 heavy (non-hydrogen) atoms. The molecule has 2 fully saturated rings. The van der Waals surface area contributed by atoms with E-state index < -0.39 is 0 Å². The van der Waals surface area contributed by atoms with Crippen LogP contribution >= 0.6 is 11.8 Å². The molecule has 136 valence electrons. The van der Waals surface area contributed by atoms with E-state index in [0.717, 1.165) is 42.3 Å². The molecule has 1 saturated heterocycles. The number of aromatic nitrogens is 5. The Morgan fingerprint density at radius 2 is 1.96 bits per heavy atom. The summed E-state index contributed by atoms with van der Waals surface area (Å²) >= 11 is 1.66. The van der Waals surface area contributed by atoms with Crippen molar-refractivity contribution < 1.29 is 4.52 Å². The van der Waals surface area contributed by atoms with Crippen LogP contribution in [0.4, 0.5) is 5.95 Å². The summed E-state index contributed by atoms with van der Waals surface area (Å²) in [6, 6.07) is 0.566. The maximum absolute atomic E-state index is 5.33. The van der Waals surface area contributed by atoms with Gasteiger partial charge in [0.05, 0.1) is 5.75 Å². The minimum absolute atomic E-state index is 0.519. The zero-order chi connectivity index (χ0) is 17.2. The van der Waals surface area contributed by atoms with Gasteiger partial charge in [0.15, 0.2) is 11.0 Å². The van der Waals surface area contributed by atoms with Crippen molar-refractivity contribution in [3.63, 3.8) is 0 Å². The van der Waals surface area contributed by atoms with Crippen LogP contribution in [0.2, 0.25) is 0 Å². The number of anilines is 1. The second-order valence-electron chi connectivity index (χ2n) is 7.42. The average Bonchev–Trinajstić information content (AvgIpc) is 3.20. The molecule has 0 radical (unpaired) electrons. The Balaban J connectivity index is 1.45. The van der Waals surface area contributed by atoms with Gasteiger partial charge in [-0.05, 0) is 38.0 Å². The normalized spacial score (nSPS) is 18.3. The first-order valence-electron chi connectivity index (χ1n) is 9.35. The van der Waals surface area contributed by atoms with Crippen LogP contribution in [0, 0.1) is 5.92 Å². The zero-order valence-corrected chi connectivity index (χ0v) is 15.8. The molecule has 0 N–H and O–H groups in total. The topological polar surface area (TPSA) is 72.9 Å². The Kier molecular flexibility index (Phi) is 4.96. The van der Waals surface area contributed by atoms with E-state index in [1.165, 1.54) is 32.1 Å². The number of hydrogen-bond acceptors (Lipinski definition) is 7. The van der Waals surface area contributed by atoms with Crippen LogP contribution in [-0.2, 0) is 12.2 Å². The summed E-state index contributed by atoms with van der Waals surface area (Å²) in [7, 11) is 0. The Labute approximate surface area is 152 Å². The highest BCUT2D eigenvalue weighted by Crippen LogP contribution is 2.41. The summed E-state index contributed by atoms with van der Waals surface area (Å²) < 4.78 is 7.67. The lowest BCUT2D eigenvalue weighted by Crippen LogP contribution is -2.31. The monoisotopic (exact) mass is 362 g/mol. The Morgan fingerprint density at radius 3 is 2.68 bits per heavy atom. The van der Waals surface area contributed by atoms with Crippen LogP contribution in [0.3, 0.4) is 0 Å². The number of piperidine rings is 1. The zero-order valence-electron chi connectivity index (χ0n) is 15.0. The molecule has 4 rings (SSSR count). The quantitative estimate of drug-likeness (QED) is 0.698. The average molecular weight is 363 g/mol. The van der Waals surface area contributed by atoms with Gasteiger partial charge in [-0.3, -0.25) is 4.57 Å². The van der Waals surface area contributed by atoms with E-state index >= 15 is 0 Å². The minimum atomic E-state index is 0.519. The molecule has 3 heterocycles. The third-order valence-electron chi connectivity index (χ3n) is 4.62. The molecule has 2 aliphatic rings. The fourth-order valence-corrected chi connectivity index (χ4v) is 4.08. The van der Waals surface area contributed by atoms with Gasteiger partial charge in [-0.1, -0.05) is 30.8 Å². The minimum Gasteiger partial charge on any atom is -0.341 e. The predicted octanol–water partition coefficient (Wildman–Crippen LogP) is 3.48. The standard InChI is InChI=1S/C17H26N6OS/c1-12(2)10-15-18-14(21-24-15)11-25-17-20-19-16(23(17)13-6-7-13)22-8-4-3-5-9-22/h12-13H,3-11H2,1-2H3. The van der Waals surface area contributed by atoms with Crippen molar-refractivity contribution in [2.24, 2.45) is 5.92 Å². The van der Waals surface area contributed by atoms with Gasteiger partial charge in [0, 0.05) is 25.6 Å². The van der Waals surface area contributed by atoms with E-state index in [1.54, 1.807) is 11.8 Å². The molecular formula is C17H26N6OS. The Hall–Kier alpha value is -1.57. The van der Waals surface area contributed by atoms with Crippen LogP contribution in [0.15, 0.2) is 9.68 Å². The molecule has 8 heteroatoms. The largest absolute Gasteiger partial charge is 0.341 e. The van der Waals surface area contributed by atoms with Crippen molar-refractivity contribution in [3.05, 3.63) is 11.7 Å². The van der Waals surface area contributed by atoms with E-state index in [0.29, 0.717) is 17.7 Å². The molecule has 1 saturated carbocycles.